The van der Waals surface area contributed by atoms with Gasteiger partial charge in [0.2, 0.25) is 0 Å². The molecule has 0 aliphatic rings. The summed E-state index contributed by atoms with van der Waals surface area (Å²) in [6.45, 7) is 1.22. The number of hydrogen-bond donors (Lipinski definition) is 0. The summed E-state index contributed by atoms with van der Waals surface area (Å²) in [6, 6.07) is 20.2. The van der Waals surface area contributed by atoms with Gasteiger partial charge in [0.05, 0.1) is 16.5 Å². The fraction of sp³-hybridized carbons (Fsp3) is 0.0400. The molecule has 0 atom stereocenters. The van der Waals surface area contributed by atoms with Crippen LogP contribution in [0, 0.1) is 0 Å². The first-order valence-electron chi connectivity index (χ1n) is 9.76. The van der Waals surface area contributed by atoms with Gasteiger partial charge in [0.1, 0.15) is 11.3 Å². The second kappa shape index (κ2) is 9.19. The molecule has 0 N–H and O–H groups in total. The van der Waals surface area contributed by atoms with Gasteiger partial charge in [-0.2, -0.15) is 0 Å². The molecule has 4 aromatic rings. The molecule has 4 rings (SSSR count). The first-order chi connectivity index (χ1) is 15.9. The lowest BCUT2D eigenvalue weighted by molar-refractivity contribution is -0.131. The van der Waals surface area contributed by atoms with E-state index in [0.717, 1.165) is 0 Å². The summed E-state index contributed by atoms with van der Waals surface area (Å²) in [5.41, 5.74) is -0.685. The Labute approximate surface area is 186 Å². The highest BCUT2D eigenvalue weighted by Gasteiger charge is 2.24. The number of fused-ring (bicyclic) bond motifs is 1. The van der Waals surface area contributed by atoms with Gasteiger partial charge in [-0.05, 0) is 36.4 Å². The van der Waals surface area contributed by atoms with Crippen LogP contribution >= 0.6 is 0 Å². The molecule has 0 unspecified atom stereocenters. The lowest BCUT2D eigenvalue weighted by Gasteiger charge is -2.12. The molecular formula is C25H16O8. The molecule has 0 spiro atoms. The van der Waals surface area contributed by atoms with E-state index in [1.807, 2.05) is 0 Å². The Kier molecular flexibility index (Phi) is 5.99. The van der Waals surface area contributed by atoms with Gasteiger partial charge in [0.25, 0.3) is 5.75 Å². The Morgan fingerprint density at radius 1 is 0.697 bits per heavy atom. The van der Waals surface area contributed by atoms with E-state index >= 15 is 0 Å². The SMILES string of the molecule is CC(=O)Oc1ccc2c(OC(=O)c3ccccc3)c(OC(=O)c3ccccc3)c(=O)oc2c1. The quantitative estimate of drug-likeness (QED) is 0.256. The van der Waals surface area contributed by atoms with Crippen LogP contribution < -0.4 is 19.8 Å². The third-order valence-corrected chi connectivity index (χ3v) is 4.46. The Morgan fingerprint density at radius 3 is 1.79 bits per heavy atom. The molecule has 164 valence electrons. The molecule has 1 heterocycles. The molecule has 0 amide bonds. The van der Waals surface area contributed by atoms with Gasteiger partial charge in [-0.15, -0.1) is 0 Å². The van der Waals surface area contributed by atoms with E-state index in [1.165, 1.54) is 49.4 Å². The maximum atomic E-state index is 12.7. The van der Waals surface area contributed by atoms with Crippen LogP contribution in [0.25, 0.3) is 11.0 Å². The van der Waals surface area contributed by atoms with Crippen LogP contribution in [0.15, 0.2) is 88.1 Å². The number of carbonyl (C=O) groups excluding carboxylic acids is 3. The third kappa shape index (κ3) is 4.80. The van der Waals surface area contributed by atoms with Crippen molar-refractivity contribution in [3.63, 3.8) is 0 Å². The third-order valence-electron chi connectivity index (χ3n) is 4.46. The monoisotopic (exact) mass is 444 g/mol. The zero-order valence-electron chi connectivity index (χ0n) is 17.3. The molecule has 33 heavy (non-hydrogen) atoms. The summed E-state index contributed by atoms with van der Waals surface area (Å²) < 4.78 is 21.1. The van der Waals surface area contributed by atoms with E-state index in [2.05, 4.69) is 0 Å². The van der Waals surface area contributed by atoms with Crippen LogP contribution in [0.1, 0.15) is 27.6 Å². The number of benzene rings is 3. The van der Waals surface area contributed by atoms with Gasteiger partial charge in [-0.1, -0.05) is 36.4 Å². The Morgan fingerprint density at radius 2 is 1.24 bits per heavy atom. The summed E-state index contributed by atoms with van der Waals surface area (Å²) in [5.74, 6) is -2.94. The van der Waals surface area contributed by atoms with Crippen LogP contribution in [-0.2, 0) is 4.79 Å². The van der Waals surface area contributed by atoms with Crippen molar-refractivity contribution in [2.24, 2.45) is 0 Å². The van der Waals surface area contributed by atoms with Gasteiger partial charge in [0, 0.05) is 13.0 Å². The smallest absolute Gasteiger partial charge is 0.383 e. The van der Waals surface area contributed by atoms with Gasteiger partial charge in [-0.3, -0.25) is 4.79 Å². The molecule has 0 fully saturated rings. The predicted molar refractivity (Wildman–Crippen MR) is 117 cm³/mol. The van der Waals surface area contributed by atoms with Crippen molar-refractivity contribution < 1.29 is 33.0 Å². The molecule has 0 aliphatic carbocycles. The van der Waals surface area contributed by atoms with Crippen LogP contribution in [0.5, 0.6) is 17.2 Å². The highest BCUT2D eigenvalue weighted by Crippen LogP contribution is 2.35. The Hall–Kier alpha value is -4.72. The fourth-order valence-corrected chi connectivity index (χ4v) is 3.01. The summed E-state index contributed by atoms with van der Waals surface area (Å²) in [6.07, 6.45) is 0. The molecule has 0 saturated carbocycles. The Balaban J connectivity index is 1.82. The summed E-state index contributed by atoms with van der Waals surface area (Å²) in [5, 5.41) is 0.158. The second-order valence-corrected chi connectivity index (χ2v) is 6.81. The zero-order chi connectivity index (χ0) is 23.4. The van der Waals surface area contributed by atoms with Crippen LogP contribution in [0.2, 0.25) is 0 Å². The summed E-state index contributed by atoms with van der Waals surface area (Å²) in [7, 11) is 0. The normalized spacial score (nSPS) is 10.5. The molecule has 0 radical (unpaired) electrons. The van der Waals surface area contributed by atoms with E-state index in [0.29, 0.717) is 0 Å². The van der Waals surface area contributed by atoms with Crippen molar-refractivity contribution in [3.05, 3.63) is 100 Å². The van der Waals surface area contributed by atoms with E-state index in [9.17, 15) is 19.2 Å². The maximum absolute atomic E-state index is 12.7. The van der Waals surface area contributed by atoms with Crippen LogP contribution in [-0.4, -0.2) is 17.9 Å². The molecule has 8 heteroatoms. The molecule has 8 nitrogen and oxygen atoms in total. The number of esters is 3. The number of carbonyl (C=O) groups is 3. The predicted octanol–water partition coefficient (Wildman–Crippen LogP) is 4.16. The largest absolute Gasteiger partial charge is 0.427 e. The maximum Gasteiger partial charge on any atom is 0.383 e. The first kappa shape index (κ1) is 21.5. The zero-order valence-corrected chi connectivity index (χ0v) is 17.3. The average Bonchev–Trinajstić information content (AvgIpc) is 2.81. The number of ether oxygens (including phenoxy) is 3. The minimum Gasteiger partial charge on any atom is -0.427 e. The topological polar surface area (TPSA) is 109 Å². The van der Waals surface area contributed by atoms with Gasteiger partial charge in [-0.25, -0.2) is 14.4 Å². The summed E-state index contributed by atoms with van der Waals surface area (Å²) >= 11 is 0. The molecule has 1 aromatic heterocycles. The minimum absolute atomic E-state index is 0.0332. The second-order valence-electron chi connectivity index (χ2n) is 6.81. The molecule has 3 aromatic carbocycles. The highest BCUT2D eigenvalue weighted by molar-refractivity contribution is 5.97. The summed E-state index contributed by atoms with van der Waals surface area (Å²) in [4.78, 5) is 49.3. The molecule has 0 bridgehead atoms. The fourth-order valence-electron chi connectivity index (χ4n) is 3.01. The lowest BCUT2D eigenvalue weighted by atomic mass is 10.2. The first-order valence-corrected chi connectivity index (χ1v) is 9.76. The lowest BCUT2D eigenvalue weighted by Crippen LogP contribution is -2.18. The molecular weight excluding hydrogens is 428 g/mol. The van der Waals surface area contributed by atoms with Crippen molar-refractivity contribution in [3.8, 4) is 17.2 Å². The van der Waals surface area contributed by atoms with E-state index in [1.54, 1.807) is 36.4 Å². The van der Waals surface area contributed by atoms with Crippen molar-refractivity contribution in [2.45, 2.75) is 6.92 Å². The minimum atomic E-state index is -1.05. The highest BCUT2D eigenvalue weighted by atomic mass is 16.6. The van der Waals surface area contributed by atoms with E-state index in [4.69, 9.17) is 18.6 Å². The van der Waals surface area contributed by atoms with Crippen molar-refractivity contribution in [2.75, 3.05) is 0 Å². The average molecular weight is 444 g/mol. The Bertz CT molecular complexity index is 1410. The standard InChI is InChI=1S/C25H16O8/c1-15(26)30-18-12-13-19-20(14-18)31-25(29)22(33-24(28)17-10-6-3-7-11-17)21(19)32-23(27)16-8-4-2-5-9-16/h2-14H,1H3. The number of hydrogen-bond acceptors (Lipinski definition) is 8. The van der Waals surface area contributed by atoms with Crippen LogP contribution in [0.4, 0.5) is 0 Å². The van der Waals surface area contributed by atoms with Crippen molar-refractivity contribution in [1.29, 1.82) is 0 Å². The van der Waals surface area contributed by atoms with Gasteiger partial charge < -0.3 is 18.6 Å². The van der Waals surface area contributed by atoms with Crippen LogP contribution in [0.3, 0.4) is 0 Å². The molecule has 0 saturated heterocycles. The van der Waals surface area contributed by atoms with E-state index < -0.39 is 29.3 Å². The van der Waals surface area contributed by atoms with Gasteiger partial charge in [0.15, 0.2) is 5.75 Å². The van der Waals surface area contributed by atoms with E-state index in [-0.39, 0.29) is 33.6 Å². The van der Waals surface area contributed by atoms with Crippen molar-refractivity contribution >= 4 is 28.9 Å². The van der Waals surface area contributed by atoms with Gasteiger partial charge >= 0.3 is 23.5 Å². The number of rotatable bonds is 5. The molecule has 0 aliphatic heterocycles. The van der Waals surface area contributed by atoms with Crippen molar-refractivity contribution in [1.82, 2.24) is 0 Å².